The molecule has 2 aliphatic rings. The van der Waals surface area contributed by atoms with Gasteiger partial charge in [0.15, 0.2) is 0 Å². The van der Waals surface area contributed by atoms with Crippen molar-refractivity contribution in [3.05, 3.63) is 355 Å². The normalized spacial score (nSPS) is 13.1. The molecule has 0 radical (unpaired) electrons. The van der Waals surface area contributed by atoms with Gasteiger partial charge in [-0.25, -0.2) is 0 Å². The van der Waals surface area contributed by atoms with Crippen LogP contribution >= 0.6 is 0 Å². The maximum Gasteiger partial charge on any atom is 0.252 e. The number of para-hydroxylation sites is 3. The summed E-state index contributed by atoms with van der Waals surface area (Å²) in [6.45, 7) is 35.1. The van der Waals surface area contributed by atoms with Crippen LogP contribution in [0.2, 0.25) is 0 Å². The van der Waals surface area contributed by atoms with E-state index in [9.17, 15) is 0 Å². The Morgan fingerprint density at radius 1 is 0.209 bits per heavy atom. The molecule has 4 nitrogen and oxygen atoms in total. The van der Waals surface area contributed by atoms with Crippen LogP contribution < -0.4 is 26.2 Å². The lowest BCUT2D eigenvalue weighted by molar-refractivity contribution is 0.568. The van der Waals surface area contributed by atoms with Crippen LogP contribution in [0.1, 0.15) is 132 Å². The molecule has 19 rings (SSSR count). The van der Waals surface area contributed by atoms with Gasteiger partial charge in [0.2, 0.25) is 0 Å². The number of fused-ring (bicyclic) bond motifs is 10. The van der Waals surface area contributed by atoms with Gasteiger partial charge in [-0.3, -0.25) is 0 Å². The third kappa shape index (κ3) is 12.7. The quantitative estimate of drug-likeness (QED) is 0.127. The second-order valence-corrected chi connectivity index (χ2v) is 37.5. The van der Waals surface area contributed by atoms with Gasteiger partial charge in [-0.2, -0.15) is 0 Å². The Bertz CT molecular complexity index is 6480. The fraction of sp³-hybridized carbons (Fsp3) is 0.182. The van der Waals surface area contributed by atoms with Gasteiger partial charge in [0.25, 0.3) is 6.71 Å². The zero-order valence-corrected chi connectivity index (χ0v) is 69.0. The highest BCUT2D eigenvalue weighted by Crippen LogP contribution is 2.55. The van der Waals surface area contributed by atoms with Gasteiger partial charge in [0, 0.05) is 66.8 Å². The third-order valence-corrected chi connectivity index (χ3v) is 24.6. The van der Waals surface area contributed by atoms with Crippen LogP contribution in [0.15, 0.2) is 328 Å². The molecule has 0 atom stereocenters. The maximum atomic E-state index is 2.75. The lowest BCUT2D eigenvalue weighted by atomic mass is 9.33. The van der Waals surface area contributed by atoms with Gasteiger partial charge in [-0.15, -0.1) is 0 Å². The SMILES string of the molecule is CC(C)(C)c1cc(-c2ccc3c(c2)N(c2cc(-c4ccccc4)cc(-c4ccccc4)c2)c2cc(-n4c5ccccc5c5cc(-n6c7ccccc7c7ccccc76)ccc54)cc4c2B3c2ccc(-c3cc(C(C)(C)C)cc(C(C)(C)C)c3)cc2N4c2c(-c3ccccc3)cc(C(C)(C)C)cc2-c2ccccc2)cc(C(C)(C)C)c1. The molecule has 0 saturated heterocycles. The van der Waals surface area contributed by atoms with Gasteiger partial charge in [0.05, 0.1) is 33.4 Å². The second-order valence-electron chi connectivity index (χ2n) is 37.5. The van der Waals surface area contributed by atoms with Gasteiger partial charge in [-0.05, 0) is 218 Å². The van der Waals surface area contributed by atoms with Crippen molar-refractivity contribution in [2.24, 2.45) is 0 Å². The fourth-order valence-electron chi connectivity index (χ4n) is 18.2. The highest BCUT2D eigenvalue weighted by molar-refractivity contribution is 7.00. The molecule has 5 heteroatoms. The lowest BCUT2D eigenvalue weighted by Gasteiger charge is -2.45. The van der Waals surface area contributed by atoms with Crippen molar-refractivity contribution >= 4 is 101 Å². The first-order valence-electron chi connectivity index (χ1n) is 41.1. The molecule has 0 N–H and O–H groups in total. The lowest BCUT2D eigenvalue weighted by Crippen LogP contribution is -2.61. The number of hydrogen-bond acceptors (Lipinski definition) is 2. The van der Waals surface area contributed by atoms with E-state index in [0.717, 1.165) is 101 Å². The second kappa shape index (κ2) is 27.1. The smallest absolute Gasteiger partial charge is 0.252 e. The number of aromatic nitrogens is 2. The largest absolute Gasteiger partial charge is 0.311 e. The Balaban J connectivity index is 1.000. The average molecular weight is 1490 g/mol. The molecule has 0 saturated carbocycles. The monoisotopic (exact) mass is 1490 g/mol. The Morgan fingerprint density at radius 3 is 0.965 bits per heavy atom. The Labute approximate surface area is 679 Å². The standard InChI is InChI=1S/C110H99BN4/c1-106(2,3)80-55-78(56-81(63-80)107(4,5)6)74-48-51-94-100(61-74)114(86-59-76(70-34-20-16-21-35-70)54-77(60-86)71-36-22-17-23-37-71)102-68-87(113-98-47-33-30-44-90(98)93-67-85(50-53-99(93)113)112-96-45-31-28-42-88(96)89-43-29-32-46-97(89)112)69-103-104(102)111(94)95-52-49-75(79-57-82(108(7,8)9)64-83(58-79)109(10,11)12)62-101(95)115(103)105-91(72-38-24-18-25-39-72)65-84(110(13,14)15)66-92(105)73-40-26-19-27-41-73/h16-69H,1-15H3. The highest BCUT2D eigenvalue weighted by Gasteiger charge is 2.46. The zero-order chi connectivity index (χ0) is 79.4. The molecule has 115 heavy (non-hydrogen) atoms. The number of hydrogen-bond donors (Lipinski definition) is 0. The van der Waals surface area contributed by atoms with E-state index in [0.29, 0.717) is 0 Å². The molecule has 4 heterocycles. The minimum absolute atomic E-state index is 0.111. The zero-order valence-electron chi connectivity index (χ0n) is 69.0. The van der Waals surface area contributed by atoms with Crippen molar-refractivity contribution in [2.45, 2.75) is 131 Å². The summed E-state index contributed by atoms with van der Waals surface area (Å²) in [5.74, 6) is 0. The summed E-state index contributed by atoms with van der Waals surface area (Å²) >= 11 is 0. The number of anilines is 6. The molecule has 0 bridgehead atoms. The van der Waals surface area contributed by atoms with Crippen LogP contribution in [-0.2, 0) is 27.1 Å². The van der Waals surface area contributed by atoms with Crippen molar-refractivity contribution in [1.29, 1.82) is 0 Å². The fourth-order valence-corrected chi connectivity index (χ4v) is 18.2. The first-order valence-corrected chi connectivity index (χ1v) is 41.1. The molecule has 562 valence electrons. The Kier molecular flexibility index (Phi) is 17.2. The van der Waals surface area contributed by atoms with Crippen molar-refractivity contribution in [3.8, 4) is 78.1 Å². The van der Waals surface area contributed by atoms with Crippen LogP contribution in [0.3, 0.4) is 0 Å². The summed E-state index contributed by atoms with van der Waals surface area (Å²) in [7, 11) is 0. The average Bonchev–Trinajstić information content (AvgIpc) is 1.16. The van der Waals surface area contributed by atoms with E-state index in [4.69, 9.17) is 0 Å². The summed E-state index contributed by atoms with van der Waals surface area (Å²) in [5, 5.41) is 4.84. The minimum Gasteiger partial charge on any atom is -0.311 e. The highest BCUT2D eigenvalue weighted by atomic mass is 15.2. The number of benzene rings is 15. The summed E-state index contributed by atoms with van der Waals surface area (Å²) < 4.78 is 5.05. The van der Waals surface area contributed by atoms with Gasteiger partial charge in [-0.1, -0.05) is 340 Å². The molecule has 2 aliphatic heterocycles. The van der Waals surface area contributed by atoms with Crippen LogP contribution in [0, 0.1) is 0 Å². The first kappa shape index (κ1) is 72.8. The van der Waals surface area contributed by atoms with E-state index in [1.165, 1.54) is 99.0 Å². The van der Waals surface area contributed by atoms with Crippen LogP contribution in [0.4, 0.5) is 34.1 Å². The van der Waals surface area contributed by atoms with Crippen molar-refractivity contribution < 1.29 is 0 Å². The van der Waals surface area contributed by atoms with Crippen molar-refractivity contribution in [2.75, 3.05) is 9.80 Å². The first-order chi connectivity index (χ1) is 55.2. The van der Waals surface area contributed by atoms with Crippen molar-refractivity contribution in [3.63, 3.8) is 0 Å². The van der Waals surface area contributed by atoms with Gasteiger partial charge in [0.1, 0.15) is 0 Å². The third-order valence-electron chi connectivity index (χ3n) is 24.6. The van der Waals surface area contributed by atoms with E-state index >= 15 is 0 Å². The molecular weight excluding hydrogens is 1390 g/mol. The van der Waals surface area contributed by atoms with E-state index in [2.05, 4.69) is 450 Å². The Hall–Kier alpha value is -12.4. The minimum atomic E-state index is -0.260. The Morgan fingerprint density at radius 2 is 0.548 bits per heavy atom. The van der Waals surface area contributed by atoms with E-state index in [1.807, 2.05) is 0 Å². The topological polar surface area (TPSA) is 16.3 Å². The predicted molar refractivity (Wildman–Crippen MR) is 495 cm³/mol. The van der Waals surface area contributed by atoms with E-state index in [-0.39, 0.29) is 33.8 Å². The van der Waals surface area contributed by atoms with Gasteiger partial charge < -0.3 is 18.9 Å². The van der Waals surface area contributed by atoms with E-state index < -0.39 is 0 Å². The summed E-state index contributed by atoms with van der Waals surface area (Å²) in [6.07, 6.45) is 0. The molecule has 17 aromatic rings. The van der Waals surface area contributed by atoms with Gasteiger partial charge >= 0.3 is 0 Å². The number of nitrogens with zero attached hydrogens (tertiary/aromatic N) is 4. The molecule has 0 aliphatic carbocycles. The van der Waals surface area contributed by atoms with Crippen LogP contribution in [-0.4, -0.2) is 15.8 Å². The van der Waals surface area contributed by atoms with Crippen LogP contribution in [0.25, 0.3) is 122 Å². The molecule has 2 aromatic heterocycles. The molecule has 15 aromatic carbocycles. The van der Waals surface area contributed by atoms with E-state index in [1.54, 1.807) is 0 Å². The summed E-state index contributed by atoms with van der Waals surface area (Å²) in [6, 6.07) is 126. The maximum absolute atomic E-state index is 2.75. The molecule has 0 amide bonds. The van der Waals surface area contributed by atoms with Crippen LogP contribution in [0.5, 0.6) is 0 Å². The molecular formula is C110H99BN4. The number of rotatable bonds is 10. The summed E-state index contributed by atoms with van der Waals surface area (Å²) in [5.41, 5.74) is 37.0. The van der Waals surface area contributed by atoms with Crippen molar-refractivity contribution in [1.82, 2.24) is 9.13 Å². The molecule has 0 spiro atoms. The molecule has 0 fully saturated rings. The summed E-state index contributed by atoms with van der Waals surface area (Å²) in [4.78, 5) is 5.44. The predicted octanol–water partition coefficient (Wildman–Crippen LogP) is 28.5. The molecule has 0 unspecified atom stereocenters.